The zero-order chi connectivity index (χ0) is 12.7. The number of methoxy groups -OCH3 is 1. The lowest BCUT2D eigenvalue weighted by molar-refractivity contribution is 0.179. The summed E-state index contributed by atoms with van der Waals surface area (Å²) >= 11 is 0. The lowest BCUT2D eigenvalue weighted by Crippen LogP contribution is -2.43. The van der Waals surface area contributed by atoms with Crippen molar-refractivity contribution in [2.24, 2.45) is 12.0 Å². The predicted molar refractivity (Wildman–Crippen MR) is 83.3 cm³/mol. The van der Waals surface area contributed by atoms with Crippen molar-refractivity contribution >= 4 is 29.9 Å². The summed E-state index contributed by atoms with van der Waals surface area (Å²) in [6.07, 6.45) is 1.78. The molecular weight excluding hydrogens is 345 g/mol. The number of rotatable bonds is 5. The van der Waals surface area contributed by atoms with E-state index in [1.165, 1.54) is 0 Å². The molecule has 0 aromatic carbocycles. The number of aryl methyl sites for hydroxylation is 1. The van der Waals surface area contributed by atoms with Crippen molar-refractivity contribution in [2.75, 3.05) is 20.8 Å². The smallest absolute Gasteiger partial charge is 0.191 e. The van der Waals surface area contributed by atoms with Crippen LogP contribution in [0.25, 0.3) is 0 Å². The van der Waals surface area contributed by atoms with Gasteiger partial charge in [-0.15, -0.1) is 24.0 Å². The van der Waals surface area contributed by atoms with E-state index in [-0.39, 0.29) is 30.0 Å². The molecule has 0 spiro atoms. The van der Waals surface area contributed by atoms with Gasteiger partial charge in [-0.25, -0.2) is 0 Å². The Hall–Kier alpha value is -0.830. The van der Waals surface area contributed by atoms with Gasteiger partial charge in [0.05, 0.1) is 18.8 Å². The van der Waals surface area contributed by atoms with Crippen molar-refractivity contribution in [3.63, 3.8) is 0 Å². The molecular formula is C11H22IN5O. The minimum atomic E-state index is 0. The zero-order valence-corrected chi connectivity index (χ0v) is 13.6. The number of hydrogen-bond donors (Lipinski definition) is 2. The van der Waals surface area contributed by atoms with Crippen LogP contribution in [0.3, 0.4) is 0 Å². The third-order valence-corrected chi connectivity index (χ3v) is 2.38. The standard InChI is InChI=1S/C11H21N5O.HI/c1-9(8-17-4)15-11(12-2)13-7-10-5-6-14-16(10)3;/h5-6,9H,7-8H2,1-4H3,(H2,12,13,15);1H. The molecule has 0 saturated heterocycles. The molecule has 2 N–H and O–H groups in total. The number of hydrogen-bond acceptors (Lipinski definition) is 3. The van der Waals surface area contributed by atoms with Crippen LogP contribution >= 0.6 is 24.0 Å². The average Bonchev–Trinajstić information content (AvgIpc) is 2.70. The van der Waals surface area contributed by atoms with E-state index in [0.29, 0.717) is 13.2 Å². The fraction of sp³-hybridized carbons (Fsp3) is 0.636. The highest BCUT2D eigenvalue weighted by Crippen LogP contribution is 1.94. The van der Waals surface area contributed by atoms with Crippen LogP contribution in [0.2, 0.25) is 0 Å². The molecule has 7 heteroatoms. The molecule has 1 atom stereocenters. The fourth-order valence-corrected chi connectivity index (χ4v) is 1.47. The molecule has 0 aliphatic carbocycles. The van der Waals surface area contributed by atoms with E-state index in [4.69, 9.17) is 4.74 Å². The first-order chi connectivity index (χ1) is 8.17. The van der Waals surface area contributed by atoms with Crippen LogP contribution in [-0.2, 0) is 18.3 Å². The number of guanidine groups is 1. The SMILES string of the molecule is CN=C(NCc1ccnn1C)NC(C)COC.I. The summed E-state index contributed by atoms with van der Waals surface area (Å²) in [5, 5.41) is 10.6. The summed E-state index contributed by atoms with van der Waals surface area (Å²) in [7, 11) is 5.35. The third-order valence-electron chi connectivity index (χ3n) is 2.38. The number of nitrogens with zero attached hydrogens (tertiary/aromatic N) is 3. The molecule has 1 aromatic rings. The van der Waals surface area contributed by atoms with Gasteiger partial charge in [0.15, 0.2) is 5.96 Å². The molecule has 0 radical (unpaired) electrons. The Kier molecular flexibility index (Phi) is 8.73. The third kappa shape index (κ3) is 5.67. The van der Waals surface area contributed by atoms with Crippen molar-refractivity contribution < 1.29 is 4.74 Å². The maximum Gasteiger partial charge on any atom is 0.191 e. The van der Waals surface area contributed by atoms with Crippen molar-refractivity contribution in [1.29, 1.82) is 0 Å². The molecule has 1 rings (SSSR count). The molecule has 0 aliphatic heterocycles. The van der Waals surface area contributed by atoms with E-state index < -0.39 is 0 Å². The highest BCUT2D eigenvalue weighted by Gasteiger charge is 2.05. The van der Waals surface area contributed by atoms with E-state index in [1.807, 2.05) is 24.7 Å². The van der Waals surface area contributed by atoms with Gasteiger partial charge in [0.25, 0.3) is 0 Å². The Morgan fingerprint density at radius 3 is 2.83 bits per heavy atom. The Bertz CT molecular complexity index is 366. The van der Waals surface area contributed by atoms with Crippen molar-refractivity contribution in [2.45, 2.75) is 19.5 Å². The van der Waals surface area contributed by atoms with Gasteiger partial charge in [0.1, 0.15) is 0 Å². The molecule has 0 aliphatic rings. The first kappa shape index (κ1) is 17.2. The quantitative estimate of drug-likeness (QED) is 0.458. The highest BCUT2D eigenvalue weighted by molar-refractivity contribution is 14.0. The van der Waals surface area contributed by atoms with E-state index in [0.717, 1.165) is 11.7 Å². The van der Waals surface area contributed by atoms with Gasteiger partial charge < -0.3 is 15.4 Å². The predicted octanol–water partition coefficient (Wildman–Crippen LogP) is 0.738. The second-order valence-electron chi connectivity index (χ2n) is 3.87. The van der Waals surface area contributed by atoms with Gasteiger partial charge >= 0.3 is 0 Å². The number of ether oxygens (including phenoxy) is 1. The topological polar surface area (TPSA) is 63.5 Å². The Labute approximate surface area is 125 Å². The normalized spacial score (nSPS) is 12.8. The lowest BCUT2D eigenvalue weighted by atomic mass is 10.3. The zero-order valence-electron chi connectivity index (χ0n) is 11.3. The van der Waals surface area contributed by atoms with E-state index >= 15 is 0 Å². The van der Waals surface area contributed by atoms with Gasteiger partial charge in [-0.1, -0.05) is 0 Å². The minimum Gasteiger partial charge on any atom is -0.383 e. The number of halogens is 1. The van der Waals surface area contributed by atoms with E-state index in [9.17, 15) is 0 Å². The molecule has 0 fully saturated rings. The van der Waals surface area contributed by atoms with Crippen LogP contribution in [0.15, 0.2) is 17.3 Å². The molecule has 1 unspecified atom stereocenters. The second kappa shape index (κ2) is 9.15. The Balaban J connectivity index is 0.00000289. The average molecular weight is 367 g/mol. The van der Waals surface area contributed by atoms with Gasteiger partial charge in [-0.3, -0.25) is 9.67 Å². The Morgan fingerprint density at radius 1 is 1.61 bits per heavy atom. The fourth-order valence-electron chi connectivity index (χ4n) is 1.47. The van der Waals surface area contributed by atoms with E-state index in [2.05, 4.69) is 20.7 Å². The number of aromatic nitrogens is 2. The first-order valence-electron chi connectivity index (χ1n) is 5.60. The van der Waals surface area contributed by atoms with E-state index in [1.54, 1.807) is 20.4 Å². The molecule has 6 nitrogen and oxygen atoms in total. The van der Waals surface area contributed by atoms with Crippen molar-refractivity contribution in [3.05, 3.63) is 18.0 Å². The number of nitrogens with one attached hydrogen (secondary N) is 2. The maximum absolute atomic E-state index is 5.06. The van der Waals surface area contributed by atoms with Gasteiger partial charge in [0.2, 0.25) is 0 Å². The van der Waals surface area contributed by atoms with Crippen LogP contribution in [0.5, 0.6) is 0 Å². The molecule has 104 valence electrons. The monoisotopic (exact) mass is 367 g/mol. The largest absolute Gasteiger partial charge is 0.383 e. The van der Waals surface area contributed by atoms with Gasteiger partial charge in [-0.05, 0) is 13.0 Å². The van der Waals surface area contributed by atoms with Crippen molar-refractivity contribution in [3.8, 4) is 0 Å². The van der Waals surface area contributed by atoms with Crippen LogP contribution in [0.1, 0.15) is 12.6 Å². The molecule has 0 saturated carbocycles. The summed E-state index contributed by atoms with van der Waals surface area (Å²) in [6, 6.07) is 2.19. The highest BCUT2D eigenvalue weighted by atomic mass is 127. The molecule has 0 amide bonds. The molecule has 0 bridgehead atoms. The first-order valence-corrected chi connectivity index (χ1v) is 5.60. The summed E-state index contributed by atoms with van der Waals surface area (Å²) in [6.45, 7) is 3.38. The van der Waals surface area contributed by atoms with Crippen LogP contribution in [0, 0.1) is 0 Å². The summed E-state index contributed by atoms with van der Waals surface area (Å²) in [5.74, 6) is 0.760. The van der Waals surface area contributed by atoms with Crippen LogP contribution in [0.4, 0.5) is 0 Å². The minimum absolute atomic E-state index is 0. The second-order valence-corrected chi connectivity index (χ2v) is 3.87. The summed E-state index contributed by atoms with van der Waals surface area (Å²) in [4.78, 5) is 4.15. The lowest BCUT2D eigenvalue weighted by Gasteiger charge is -2.17. The summed E-state index contributed by atoms with van der Waals surface area (Å²) < 4.78 is 6.89. The van der Waals surface area contributed by atoms with Gasteiger partial charge in [-0.2, -0.15) is 5.10 Å². The van der Waals surface area contributed by atoms with Crippen LogP contribution < -0.4 is 10.6 Å². The summed E-state index contributed by atoms with van der Waals surface area (Å²) in [5.41, 5.74) is 1.10. The number of aliphatic imine (C=N–C) groups is 1. The molecule has 1 heterocycles. The molecule has 1 aromatic heterocycles. The Morgan fingerprint density at radius 2 is 2.33 bits per heavy atom. The van der Waals surface area contributed by atoms with Gasteiger partial charge in [0, 0.05) is 33.4 Å². The maximum atomic E-state index is 5.06. The van der Waals surface area contributed by atoms with Crippen molar-refractivity contribution in [1.82, 2.24) is 20.4 Å². The molecule has 18 heavy (non-hydrogen) atoms. The van der Waals surface area contributed by atoms with Crippen LogP contribution in [-0.4, -0.2) is 42.5 Å².